The SMILES string of the molecule is CCN(CC)S(=O)(=O)c1cccc(-c2nnc(S[C@@H]3CCOC3=O)n2Cc2ccccc2)c1. The second kappa shape index (κ2) is 10.1. The molecule has 1 aliphatic rings. The van der Waals surface area contributed by atoms with Crippen molar-refractivity contribution >= 4 is 27.8 Å². The van der Waals surface area contributed by atoms with E-state index in [1.54, 1.807) is 18.2 Å². The highest BCUT2D eigenvalue weighted by Gasteiger charge is 2.30. The maximum absolute atomic E-state index is 13.1. The first-order chi connectivity index (χ1) is 15.9. The molecule has 4 rings (SSSR count). The van der Waals surface area contributed by atoms with Crippen LogP contribution in [-0.2, 0) is 26.1 Å². The topological polar surface area (TPSA) is 94.4 Å². The van der Waals surface area contributed by atoms with E-state index in [1.807, 2.05) is 54.8 Å². The van der Waals surface area contributed by atoms with Crippen LogP contribution in [0, 0.1) is 0 Å². The quantitative estimate of drug-likeness (QED) is 0.428. The fourth-order valence-corrected chi connectivity index (χ4v) is 6.22. The predicted molar refractivity (Wildman–Crippen MR) is 126 cm³/mol. The number of esters is 1. The molecular weight excluding hydrogens is 460 g/mol. The van der Waals surface area contributed by atoms with Crippen LogP contribution < -0.4 is 0 Å². The third kappa shape index (κ3) is 4.97. The molecular formula is C23H26N4O4S2. The molecule has 2 aromatic carbocycles. The van der Waals surface area contributed by atoms with Gasteiger partial charge in [0.2, 0.25) is 10.0 Å². The van der Waals surface area contributed by atoms with Crippen LogP contribution in [0.5, 0.6) is 0 Å². The Balaban J connectivity index is 1.75. The lowest BCUT2D eigenvalue weighted by Crippen LogP contribution is -2.30. The van der Waals surface area contributed by atoms with Gasteiger partial charge in [0.1, 0.15) is 5.25 Å². The van der Waals surface area contributed by atoms with E-state index in [0.29, 0.717) is 49.2 Å². The van der Waals surface area contributed by atoms with E-state index in [2.05, 4.69) is 10.2 Å². The molecule has 1 atom stereocenters. The van der Waals surface area contributed by atoms with Crippen molar-refractivity contribution < 1.29 is 17.9 Å². The monoisotopic (exact) mass is 486 g/mol. The predicted octanol–water partition coefficient (Wildman–Crippen LogP) is 3.43. The first kappa shape index (κ1) is 23.5. The zero-order valence-electron chi connectivity index (χ0n) is 18.5. The molecule has 1 aromatic heterocycles. The van der Waals surface area contributed by atoms with E-state index in [-0.39, 0.29) is 16.1 Å². The summed E-state index contributed by atoms with van der Waals surface area (Å²) in [6.45, 7) is 5.32. The fraction of sp³-hybridized carbons (Fsp3) is 0.348. The van der Waals surface area contributed by atoms with Gasteiger partial charge in [-0.25, -0.2) is 8.42 Å². The molecule has 0 unspecified atom stereocenters. The van der Waals surface area contributed by atoms with Crippen molar-refractivity contribution in [2.24, 2.45) is 0 Å². The van der Waals surface area contributed by atoms with Gasteiger partial charge < -0.3 is 4.74 Å². The van der Waals surface area contributed by atoms with Gasteiger partial charge in [0.05, 0.1) is 18.0 Å². The van der Waals surface area contributed by atoms with Gasteiger partial charge in [0.25, 0.3) is 0 Å². The van der Waals surface area contributed by atoms with Gasteiger partial charge in [-0.2, -0.15) is 4.31 Å². The van der Waals surface area contributed by atoms with Gasteiger partial charge in [-0.1, -0.05) is 68.1 Å². The Kier molecular flexibility index (Phi) is 7.16. The normalized spacial score (nSPS) is 16.3. The smallest absolute Gasteiger partial charge is 0.319 e. The lowest BCUT2D eigenvalue weighted by molar-refractivity contribution is -0.137. The van der Waals surface area contributed by atoms with Crippen LogP contribution in [-0.4, -0.2) is 58.4 Å². The largest absolute Gasteiger partial charge is 0.465 e. The van der Waals surface area contributed by atoms with Crippen LogP contribution in [0.2, 0.25) is 0 Å². The van der Waals surface area contributed by atoms with Crippen LogP contribution in [0.3, 0.4) is 0 Å². The molecule has 33 heavy (non-hydrogen) atoms. The van der Waals surface area contributed by atoms with Crippen LogP contribution in [0.4, 0.5) is 0 Å². The summed E-state index contributed by atoms with van der Waals surface area (Å²) in [6, 6.07) is 16.6. The number of sulfonamides is 1. The second-order valence-electron chi connectivity index (χ2n) is 7.56. The average Bonchev–Trinajstić information content (AvgIpc) is 3.41. The van der Waals surface area contributed by atoms with Gasteiger partial charge >= 0.3 is 5.97 Å². The summed E-state index contributed by atoms with van der Waals surface area (Å²) >= 11 is 1.33. The van der Waals surface area contributed by atoms with E-state index in [4.69, 9.17) is 4.74 Å². The molecule has 0 amide bonds. The third-order valence-corrected chi connectivity index (χ3v) is 8.74. The van der Waals surface area contributed by atoms with Crippen molar-refractivity contribution in [2.75, 3.05) is 19.7 Å². The number of ether oxygens (including phenoxy) is 1. The van der Waals surface area contributed by atoms with E-state index in [0.717, 1.165) is 5.56 Å². The third-order valence-electron chi connectivity index (χ3n) is 5.47. The number of cyclic esters (lactones) is 1. The minimum atomic E-state index is -3.61. The fourth-order valence-electron chi connectivity index (χ4n) is 3.72. The summed E-state index contributed by atoms with van der Waals surface area (Å²) in [6.07, 6.45) is 0.620. The first-order valence-corrected chi connectivity index (χ1v) is 13.2. The number of carbonyl (C=O) groups is 1. The Morgan fingerprint density at radius 1 is 1.09 bits per heavy atom. The average molecular weight is 487 g/mol. The molecule has 8 nitrogen and oxygen atoms in total. The van der Waals surface area contributed by atoms with Gasteiger partial charge in [-0.15, -0.1) is 10.2 Å². The molecule has 1 saturated heterocycles. The summed E-state index contributed by atoms with van der Waals surface area (Å²) in [4.78, 5) is 12.2. The van der Waals surface area contributed by atoms with Crippen LogP contribution in [0.1, 0.15) is 25.8 Å². The molecule has 0 bridgehead atoms. The summed E-state index contributed by atoms with van der Waals surface area (Å²) < 4.78 is 34.6. The minimum absolute atomic E-state index is 0.214. The second-order valence-corrected chi connectivity index (χ2v) is 10.7. The van der Waals surface area contributed by atoms with E-state index in [9.17, 15) is 13.2 Å². The zero-order chi connectivity index (χ0) is 23.4. The maximum Gasteiger partial charge on any atom is 0.319 e. The van der Waals surface area contributed by atoms with E-state index in [1.165, 1.54) is 16.1 Å². The molecule has 0 spiro atoms. The number of benzene rings is 2. The highest BCUT2D eigenvalue weighted by Crippen LogP contribution is 2.32. The zero-order valence-corrected chi connectivity index (χ0v) is 20.2. The number of thioether (sulfide) groups is 1. The number of hydrogen-bond donors (Lipinski definition) is 0. The number of aromatic nitrogens is 3. The lowest BCUT2D eigenvalue weighted by atomic mass is 10.2. The van der Waals surface area contributed by atoms with Crippen molar-refractivity contribution in [3.8, 4) is 11.4 Å². The van der Waals surface area contributed by atoms with Gasteiger partial charge in [0.15, 0.2) is 11.0 Å². The highest BCUT2D eigenvalue weighted by atomic mass is 32.2. The molecule has 0 saturated carbocycles. The molecule has 2 heterocycles. The minimum Gasteiger partial charge on any atom is -0.465 e. The number of rotatable bonds is 9. The Hall–Kier alpha value is -2.69. The molecule has 174 valence electrons. The Labute approximate surface area is 198 Å². The number of nitrogens with zero attached hydrogens (tertiary/aromatic N) is 4. The van der Waals surface area contributed by atoms with Crippen LogP contribution in [0.15, 0.2) is 64.6 Å². The number of hydrogen-bond acceptors (Lipinski definition) is 7. The van der Waals surface area contributed by atoms with Crippen molar-refractivity contribution in [1.29, 1.82) is 0 Å². The molecule has 3 aromatic rings. The van der Waals surface area contributed by atoms with E-state index < -0.39 is 10.0 Å². The summed E-state index contributed by atoms with van der Waals surface area (Å²) in [5.41, 5.74) is 1.69. The summed E-state index contributed by atoms with van der Waals surface area (Å²) in [5.74, 6) is 0.299. The highest BCUT2D eigenvalue weighted by molar-refractivity contribution is 8.00. The molecule has 10 heteroatoms. The maximum atomic E-state index is 13.1. The van der Waals surface area contributed by atoms with Gasteiger partial charge in [0, 0.05) is 25.1 Å². The summed E-state index contributed by atoms with van der Waals surface area (Å²) in [5, 5.41) is 9.01. The van der Waals surface area contributed by atoms with Crippen LogP contribution in [0.25, 0.3) is 11.4 Å². The summed E-state index contributed by atoms with van der Waals surface area (Å²) in [7, 11) is -3.61. The van der Waals surface area contributed by atoms with Crippen molar-refractivity contribution in [3.05, 3.63) is 60.2 Å². The Bertz CT molecular complexity index is 1220. The molecule has 0 aliphatic carbocycles. The standard InChI is InChI=1S/C23H26N4O4S2/c1-3-26(4-2)33(29,30)19-12-8-11-18(15-19)21-24-25-23(32-20-13-14-31-22(20)28)27(21)16-17-9-6-5-7-10-17/h5-12,15,20H,3-4,13-14,16H2,1-2H3/t20-/m1/s1. The van der Waals surface area contributed by atoms with Gasteiger partial charge in [-0.05, 0) is 17.7 Å². The molecule has 0 N–H and O–H groups in total. The van der Waals surface area contributed by atoms with Crippen LogP contribution >= 0.6 is 11.8 Å². The molecule has 1 aliphatic heterocycles. The lowest BCUT2D eigenvalue weighted by Gasteiger charge is -2.19. The molecule has 1 fully saturated rings. The van der Waals surface area contributed by atoms with Crippen molar-refractivity contribution in [1.82, 2.24) is 19.1 Å². The van der Waals surface area contributed by atoms with Gasteiger partial charge in [-0.3, -0.25) is 9.36 Å². The Morgan fingerprint density at radius 2 is 1.85 bits per heavy atom. The van der Waals surface area contributed by atoms with Crippen molar-refractivity contribution in [3.63, 3.8) is 0 Å². The van der Waals surface area contributed by atoms with E-state index >= 15 is 0 Å². The first-order valence-electron chi connectivity index (χ1n) is 10.8. The molecule has 0 radical (unpaired) electrons. The Morgan fingerprint density at radius 3 is 2.52 bits per heavy atom. The number of carbonyl (C=O) groups excluding carboxylic acids is 1. The van der Waals surface area contributed by atoms with Crippen molar-refractivity contribution in [2.45, 2.75) is 42.1 Å².